The van der Waals surface area contributed by atoms with Gasteiger partial charge in [-0.25, -0.2) is 4.79 Å². The maximum atomic E-state index is 12.4. The summed E-state index contributed by atoms with van der Waals surface area (Å²) in [6.07, 6.45) is 0. The lowest BCUT2D eigenvalue weighted by Gasteiger charge is -2.22. The molecule has 0 amide bonds. The summed E-state index contributed by atoms with van der Waals surface area (Å²) in [5.41, 5.74) is -0.899. The smallest absolute Gasteiger partial charge is 0.349 e. The maximum absolute atomic E-state index is 12.4. The second-order valence-corrected chi connectivity index (χ2v) is 6.92. The van der Waals surface area contributed by atoms with Gasteiger partial charge in [-0.1, -0.05) is 20.8 Å². The summed E-state index contributed by atoms with van der Waals surface area (Å²) in [6, 6.07) is 1.61. The third kappa shape index (κ3) is 3.01. The average molecular weight is 372 g/mol. The van der Waals surface area contributed by atoms with E-state index in [0.717, 1.165) is 4.52 Å². The van der Waals surface area contributed by atoms with Gasteiger partial charge in [0.25, 0.3) is 5.56 Å². The zero-order valence-corrected chi connectivity index (χ0v) is 14.5. The van der Waals surface area contributed by atoms with Crippen molar-refractivity contribution < 1.29 is 14.6 Å². The highest BCUT2D eigenvalue weighted by Gasteiger charge is 2.26. The first-order valence-corrected chi connectivity index (χ1v) is 7.63. The van der Waals surface area contributed by atoms with E-state index in [4.69, 9.17) is 4.74 Å². The molecule has 2 rings (SSSR count). The molecule has 8 heteroatoms. The summed E-state index contributed by atoms with van der Waals surface area (Å²) in [4.78, 5) is 24.4. The fraction of sp³-hybridized carbons (Fsp3) is 0.500. The molecule has 0 radical (unpaired) electrons. The summed E-state index contributed by atoms with van der Waals surface area (Å²) < 4.78 is 7.88. The number of hydrogen-bond acceptors (Lipinski definition) is 5. The number of rotatable bonds is 3. The van der Waals surface area contributed by atoms with Crippen molar-refractivity contribution in [3.05, 3.63) is 26.6 Å². The van der Waals surface area contributed by atoms with Crippen LogP contribution in [0.3, 0.4) is 0 Å². The zero-order chi connectivity index (χ0) is 16.7. The van der Waals surface area contributed by atoms with Crippen LogP contribution in [-0.4, -0.2) is 31.9 Å². The number of hydrogen-bond donors (Lipinski definition) is 1. The number of fused-ring (bicyclic) bond motifs is 1. The molecule has 0 saturated carbocycles. The minimum Gasteiger partial charge on any atom is -0.494 e. The van der Waals surface area contributed by atoms with Crippen LogP contribution in [0, 0.1) is 5.41 Å². The molecule has 2 aromatic rings. The van der Waals surface area contributed by atoms with Crippen molar-refractivity contribution in [3.63, 3.8) is 0 Å². The molecule has 2 heterocycles. The Bertz CT molecular complexity index is 786. The molecular formula is C14H18BrN3O4. The second kappa shape index (κ2) is 5.75. The van der Waals surface area contributed by atoms with E-state index < -0.39 is 23.0 Å². The highest BCUT2D eigenvalue weighted by molar-refractivity contribution is 9.10. The molecule has 0 bridgehead atoms. The van der Waals surface area contributed by atoms with E-state index in [0.29, 0.717) is 16.8 Å². The first-order chi connectivity index (χ1) is 10.2. The largest absolute Gasteiger partial charge is 0.494 e. The molecule has 22 heavy (non-hydrogen) atoms. The summed E-state index contributed by atoms with van der Waals surface area (Å²) >= 11 is 3.21. The predicted octanol–water partition coefficient (Wildman–Crippen LogP) is 2.19. The van der Waals surface area contributed by atoms with Crippen LogP contribution in [0.2, 0.25) is 0 Å². The molecule has 1 N–H and O–H groups in total. The van der Waals surface area contributed by atoms with Gasteiger partial charge in [0.15, 0.2) is 5.56 Å². The molecule has 0 aliphatic rings. The number of carbonyl (C=O) groups is 1. The number of aromatic nitrogens is 3. The van der Waals surface area contributed by atoms with E-state index in [1.807, 2.05) is 20.8 Å². The molecule has 120 valence electrons. The lowest BCUT2D eigenvalue weighted by Crippen LogP contribution is -2.29. The van der Waals surface area contributed by atoms with Crippen LogP contribution in [0.1, 0.15) is 38.1 Å². The zero-order valence-electron chi connectivity index (χ0n) is 12.9. The normalized spacial score (nSPS) is 11.9. The Morgan fingerprint density at radius 2 is 2.09 bits per heavy atom. The fourth-order valence-electron chi connectivity index (χ4n) is 2.14. The Hall–Kier alpha value is -1.83. The molecule has 0 unspecified atom stereocenters. The average Bonchev–Trinajstić information content (AvgIpc) is 2.76. The molecule has 0 spiro atoms. The Balaban J connectivity index is 2.81. The van der Waals surface area contributed by atoms with Gasteiger partial charge in [-0.3, -0.25) is 9.36 Å². The summed E-state index contributed by atoms with van der Waals surface area (Å²) in [5.74, 6) is -1.26. The van der Waals surface area contributed by atoms with E-state index in [-0.39, 0.29) is 12.0 Å². The standard InChI is InChI=1S/C14H18BrN3O4/c1-5-22-13(21)10-11(19)17(7-14(2,3)4)9-6-8(15)16-18(9)12(10)20/h6,19H,5,7H2,1-4H3. The predicted molar refractivity (Wildman–Crippen MR) is 84.2 cm³/mol. The minimum absolute atomic E-state index is 0.109. The molecule has 0 aliphatic carbocycles. The number of esters is 1. The van der Waals surface area contributed by atoms with Gasteiger partial charge in [0.2, 0.25) is 5.88 Å². The lowest BCUT2D eigenvalue weighted by atomic mass is 9.97. The summed E-state index contributed by atoms with van der Waals surface area (Å²) in [6.45, 7) is 8.08. The molecule has 0 aliphatic heterocycles. The SMILES string of the molecule is CCOC(=O)c1c(O)n(CC(C)(C)C)c2cc(Br)nn2c1=O. The van der Waals surface area contributed by atoms with Gasteiger partial charge in [0.1, 0.15) is 10.3 Å². The van der Waals surface area contributed by atoms with Crippen LogP contribution in [0.15, 0.2) is 15.5 Å². The minimum atomic E-state index is -0.860. The molecular weight excluding hydrogens is 354 g/mol. The Labute approximate surface area is 135 Å². The first kappa shape index (κ1) is 16.5. The van der Waals surface area contributed by atoms with Crippen LogP contribution < -0.4 is 5.56 Å². The van der Waals surface area contributed by atoms with Crippen LogP contribution in [0.5, 0.6) is 5.88 Å². The van der Waals surface area contributed by atoms with Crippen LogP contribution in [0.25, 0.3) is 5.65 Å². The molecule has 0 atom stereocenters. The molecule has 0 saturated heterocycles. The third-order valence-corrected chi connectivity index (χ3v) is 3.32. The van der Waals surface area contributed by atoms with Gasteiger partial charge in [0.05, 0.1) is 6.61 Å². The first-order valence-electron chi connectivity index (χ1n) is 6.84. The van der Waals surface area contributed by atoms with Gasteiger partial charge in [-0.15, -0.1) is 0 Å². The van der Waals surface area contributed by atoms with E-state index in [1.54, 1.807) is 13.0 Å². The molecule has 0 fully saturated rings. The monoisotopic (exact) mass is 371 g/mol. The maximum Gasteiger partial charge on any atom is 0.349 e. The van der Waals surface area contributed by atoms with Crippen molar-refractivity contribution >= 4 is 27.5 Å². The van der Waals surface area contributed by atoms with Gasteiger partial charge in [0, 0.05) is 12.6 Å². The van der Waals surface area contributed by atoms with Crippen molar-refractivity contribution in [1.82, 2.24) is 14.2 Å². The summed E-state index contributed by atoms with van der Waals surface area (Å²) in [7, 11) is 0. The third-order valence-electron chi connectivity index (χ3n) is 2.93. The summed E-state index contributed by atoms with van der Waals surface area (Å²) in [5, 5.41) is 14.5. The van der Waals surface area contributed by atoms with Gasteiger partial charge in [-0.05, 0) is 28.3 Å². The molecule has 7 nitrogen and oxygen atoms in total. The van der Waals surface area contributed by atoms with Gasteiger partial charge < -0.3 is 9.84 Å². The van der Waals surface area contributed by atoms with Gasteiger partial charge >= 0.3 is 5.97 Å². The lowest BCUT2D eigenvalue weighted by molar-refractivity contribution is 0.0517. The van der Waals surface area contributed by atoms with E-state index >= 15 is 0 Å². The number of halogens is 1. The molecule has 0 aromatic carbocycles. The highest BCUT2D eigenvalue weighted by atomic mass is 79.9. The Kier molecular flexibility index (Phi) is 4.32. The van der Waals surface area contributed by atoms with Crippen molar-refractivity contribution in [1.29, 1.82) is 0 Å². The Morgan fingerprint density at radius 3 is 2.64 bits per heavy atom. The van der Waals surface area contributed by atoms with E-state index in [2.05, 4.69) is 21.0 Å². The highest BCUT2D eigenvalue weighted by Crippen LogP contribution is 2.26. The van der Waals surface area contributed by atoms with Gasteiger partial charge in [-0.2, -0.15) is 9.61 Å². The van der Waals surface area contributed by atoms with Crippen molar-refractivity contribution in [2.75, 3.05) is 6.61 Å². The molecule has 2 aromatic heterocycles. The van der Waals surface area contributed by atoms with Crippen LogP contribution >= 0.6 is 15.9 Å². The fourth-order valence-corrected chi connectivity index (χ4v) is 2.51. The van der Waals surface area contributed by atoms with E-state index in [9.17, 15) is 14.7 Å². The second-order valence-electron chi connectivity index (χ2n) is 6.11. The van der Waals surface area contributed by atoms with Crippen molar-refractivity contribution in [2.45, 2.75) is 34.2 Å². The van der Waals surface area contributed by atoms with Crippen LogP contribution in [-0.2, 0) is 11.3 Å². The quantitative estimate of drug-likeness (QED) is 0.835. The number of aromatic hydroxyl groups is 1. The van der Waals surface area contributed by atoms with Crippen molar-refractivity contribution in [2.24, 2.45) is 5.41 Å². The van der Waals surface area contributed by atoms with Crippen molar-refractivity contribution in [3.8, 4) is 5.88 Å². The Morgan fingerprint density at radius 1 is 1.45 bits per heavy atom. The number of carbonyl (C=O) groups excluding carboxylic acids is 1. The topological polar surface area (TPSA) is 85.8 Å². The van der Waals surface area contributed by atoms with Crippen LogP contribution in [0.4, 0.5) is 0 Å². The number of nitrogens with zero attached hydrogens (tertiary/aromatic N) is 3. The number of ether oxygens (including phenoxy) is 1. The van der Waals surface area contributed by atoms with E-state index in [1.165, 1.54) is 4.57 Å².